The summed E-state index contributed by atoms with van der Waals surface area (Å²) in [5.74, 6) is 0. The summed E-state index contributed by atoms with van der Waals surface area (Å²) >= 11 is 1.77. The van der Waals surface area contributed by atoms with Crippen molar-refractivity contribution in [2.45, 2.75) is 6.54 Å². The van der Waals surface area contributed by atoms with Crippen LogP contribution in [0.15, 0.2) is 54.0 Å². The topological polar surface area (TPSA) is 24.9 Å². The average molecular weight is 240 g/mol. The molecule has 0 fully saturated rings. The van der Waals surface area contributed by atoms with Gasteiger partial charge in [-0.05, 0) is 35.7 Å². The maximum atomic E-state index is 4.31. The molecule has 0 amide bonds. The van der Waals surface area contributed by atoms with Crippen molar-refractivity contribution in [2.75, 3.05) is 5.32 Å². The van der Waals surface area contributed by atoms with Crippen molar-refractivity contribution in [3.63, 3.8) is 0 Å². The Bertz CT molecular complexity index is 617. The summed E-state index contributed by atoms with van der Waals surface area (Å²) in [6, 6.07) is 14.5. The number of anilines is 1. The van der Waals surface area contributed by atoms with Crippen molar-refractivity contribution in [1.29, 1.82) is 0 Å². The first kappa shape index (κ1) is 10.3. The molecule has 0 spiro atoms. The highest BCUT2D eigenvalue weighted by molar-refractivity contribution is 7.09. The number of benzene rings is 1. The Balaban J connectivity index is 1.81. The van der Waals surface area contributed by atoms with Crippen molar-refractivity contribution < 1.29 is 0 Å². The van der Waals surface area contributed by atoms with E-state index in [4.69, 9.17) is 0 Å². The second-order valence-corrected chi connectivity index (χ2v) is 4.88. The lowest BCUT2D eigenvalue weighted by Gasteiger charge is -2.05. The van der Waals surface area contributed by atoms with Crippen molar-refractivity contribution in [3.05, 3.63) is 58.9 Å². The zero-order chi connectivity index (χ0) is 11.5. The third-order valence-corrected chi connectivity index (χ3v) is 3.53. The number of aromatic nitrogens is 1. The maximum absolute atomic E-state index is 4.31. The number of hydrogen-bond acceptors (Lipinski definition) is 3. The lowest BCUT2D eigenvalue weighted by Crippen LogP contribution is -1.96. The molecule has 3 heteroatoms. The van der Waals surface area contributed by atoms with E-state index in [-0.39, 0.29) is 0 Å². The van der Waals surface area contributed by atoms with Crippen LogP contribution in [0.5, 0.6) is 0 Å². The Morgan fingerprint density at radius 1 is 1.12 bits per heavy atom. The van der Waals surface area contributed by atoms with Gasteiger partial charge < -0.3 is 5.32 Å². The van der Waals surface area contributed by atoms with Crippen LogP contribution in [0.3, 0.4) is 0 Å². The second-order valence-electron chi connectivity index (χ2n) is 3.84. The quantitative estimate of drug-likeness (QED) is 0.750. The van der Waals surface area contributed by atoms with Gasteiger partial charge in [-0.2, -0.15) is 0 Å². The molecular formula is C14H12N2S. The van der Waals surface area contributed by atoms with Crippen LogP contribution in [0.1, 0.15) is 4.88 Å². The van der Waals surface area contributed by atoms with E-state index in [1.807, 2.05) is 18.3 Å². The highest BCUT2D eigenvalue weighted by Gasteiger charge is 1.97. The smallest absolute Gasteiger partial charge is 0.0703 e. The average Bonchev–Trinajstić information content (AvgIpc) is 2.89. The fourth-order valence-corrected chi connectivity index (χ4v) is 2.43. The second kappa shape index (κ2) is 4.55. The zero-order valence-electron chi connectivity index (χ0n) is 9.26. The lowest BCUT2D eigenvalue weighted by atomic mass is 10.2. The van der Waals surface area contributed by atoms with E-state index < -0.39 is 0 Å². The van der Waals surface area contributed by atoms with E-state index in [0.29, 0.717) is 0 Å². The molecule has 0 radical (unpaired) electrons. The van der Waals surface area contributed by atoms with Gasteiger partial charge in [-0.25, -0.2) is 0 Å². The standard InChI is InChI=1S/C14H12N2S/c1-3-11-9-12(5-6-14(11)15-7-1)16-10-13-4-2-8-17-13/h1-9,16H,10H2. The Hall–Kier alpha value is -1.87. The number of nitrogens with one attached hydrogen (secondary N) is 1. The van der Waals surface area contributed by atoms with E-state index in [2.05, 4.69) is 46.0 Å². The number of nitrogens with zero attached hydrogens (tertiary/aromatic N) is 1. The molecule has 2 nitrogen and oxygen atoms in total. The molecule has 0 atom stereocenters. The minimum atomic E-state index is 0.878. The SMILES string of the molecule is c1csc(CNc2ccc3ncccc3c2)c1. The van der Waals surface area contributed by atoms with Crippen LogP contribution in [0, 0.1) is 0 Å². The van der Waals surface area contributed by atoms with E-state index in [1.165, 1.54) is 10.3 Å². The highest BCUT2D eigenvalue weighted by Crippen LogP contribution is 2.18. The Kier molecular flexibility index (Phi) is 2.76. The summed E-state index contributed by atoms with van der Waals surface area (Å²) < 4.78 is 0. The molecule has 2 aromatic heterocycles. The third-order valence-electron chi connectivity index (χ3n) is 2.65. The number of hydrogen-bond donors (Lipinski definition) is 1. The predicted octanol–water partition coefficient (Wildman–Crippen LogP) is 3.91. The largest absolute Gasteiger partial charge is 0.380 e. The van der Waals surface area contributed by atoms with Gasteiger partial charge in [0.2, 0.25) is 0 Å². The minimum Gasteiger partial charge on any atom is -0.380 e. The van der Waals surface area contributed by atoms with Gasteiger partial charge in [-0.3, -0.25) is 4.98 Å². The molecular weight excluding hydrogens is 228 g/mol. The monoisotopic (exact) mass is 240 g/mol. The van der Waals surface area contributed by atoms with E-state index >= 15 is 0 Å². The van der Waals surface area contributed by atoms with Crippen molar-refractivity contribution in [3.8, 4) is 0 Å². The fraction of sp³-hybridized carbons (Fsp3) is 0.0714. The summed E-state index contributed by atoms with van der Waals surface area (Å²) in [5.41, 5.74) is 2.17. The molecule has 3 aromatic rings. The Morgan fingerprint density at radius 3 is 3.00 bits per heavy atom. The van der Waals surface area contributed by atoms with E-state index in [9.17, 15) is 0 Å². The molecule has 1 N–H and O–H groups in total. The van der Waals surface area contributed by atoms with Gasteiger partial charge >= 0.3 is 0 Å². The van der Waals surface area contributed by atoms with Gasteiger partial charge in [0, 0.05) is 28.7 Å². The number of thiophene rings is 1. The molecule has 1 aromatic carbocycles. The first-order chi connectivity index (χ1) is 8.42. The molecule has 0 unspecified atom stereocenters. The molecule has 0 aliphatic rings. The van der Waals surface area contributed by atoms with Crippen LogP contribution in [-0.4, -0.2) is 4.98 Å². The lowest BCUT2D eigenvalue weighted by molar-refractivity contribution is 1.19. The Labute approximate surface area is 104 Å². The normalized spacial score (nSPS) is 10.6. The molecule has 0 aliphatic carbocycles. The summed E-state index contributed by atoms with van der Waals surface area (Å²) in [4.78, 5) is 5.65. The molecule has 17 heavy (non-hydrogen) atoms. The number of fused-ring (bicyclic) bond motifs is 1. The van der Waals surface area contributed by atoms with Crippen molar-refractivity contribution in [2.24, 2.45) is 0 Å². The van der Waals surface area contributed by atoms with Crippen molar-refractivity contribution in [1.82, 2.24) is 4.98 Å². The summed E-state index contributed by atoms with van der Waals surface area (Å²) in [7, 11) is 0. The van der Waals surface area contributed by atoms with Crippen LogP contribution in [0.25, 0.3) is 10.9 Å². The van der Waals surface area contributed by atoms with Gasteiger partial charge in [0.25, 0.3) is 0 Å². The van der Waals surface area contributed by atoms with Gasteiger partial charge in [0.15, 0.2) is 0 Å². The summed E-state index contributed by atoms with van der Waals surface area (Å²) in [6.45, 7) is 0.878. The molecule has 2 heterocycles. The highest BCUT2D eigenvalue weighted by atomic mass is 32.1. The summed E-state index contributed by atoms with van der Waals surface area (Å²) in [6.07, 6.45) is 1.82. The minimum absolute atomic E-state index is 0.878. The number of pyridine rings is 1. The Morgan fingerprint density at radius 2 is 2.12 bits per heavy atom. The van der Waals surface area contributed by atoms with Gasteiger partial charge in [0.1, 0.15) is 0 Å². The maximum Gasteiger partial charge on any atom is 0.0703 e. The van der Waals surface area contributed by atoms with Gasteiger partial charge in [0.05, 0.1) is 5.52 Å². The fourth-order valence-electron chi connectivity index (χ4n) is 1.79. The van der Waals surface area contributed by atoms with Crippen LogP contribution in [-0.2, 0) is 6.54 Å². The molecule has 0 saturated heterocycles. The third kappa shape index (κ3) is 2.29. The first-order valence-electron chi connectivity index (χ1n) is 5.53. The van der Waals surface area contributed by atoms with Crippen molar-refractivity contribution >= 4 is 27.9 Å². The van der Waals surface area contributed by atoms with Crippen LogP contribution >= 0.6 is 11.3 Å². The molecule has 3 rings (SSSR count). The summed E-state index contributed by atoms with van der Waals surface area (Å²) in [5, 5.41) is 6.69. The zero-order valence-corrected chi connectivity index (χ0v) is 10.1. The van der Waals surface area contributed by atoms with Gasteiger partial charge in [-0.15, -0.1) is 11.3 Å². The molecule has 0 saturated carbocycles. The van der Waals surface area contributed by atoms with E-state index in [0.717, 1.165) is 17.7 Å². The molecule has 84 valence electrons. The first-order valence-corrected chi connectivity index (χ1v) is 6.41. The van der Waals surface area contributed by atoms with E-state index in [1.54, 1.807) is 11.3 Å². The van der Waals surface area contributed by atoms with Crippen LogP contribution < -0.4 is 5.32 Å². The number of rotatable bonds is 3. The molecule has 0 aliphatic heterocycles. The predicted molar refractivity (Wildman–Crippen MR) is 73.4 cm³/mol. The molecule has 0 bridgehead atoms. The van der Waals surface area contributed by atoms with Crippen LogP contribution in [0.4, 0.5) is 5.69 Å². The van der Waals surface area contributed by atoms with Crippen LogP contribution in [0.2, 0.25) is 0 Å². The van der Waals surface area contributed by atoms with Gasteiger partial charge in [-0.1, -0.05) is 12.1 Å².